The number of nitrogens with one attached hydrogen (secondary N) is 2. The Balaban J connectivity index is 2.80. The summed E-state index contributed by atoms with van der Waals surface area (Å²) in [7, 11) is 0. The number of alkyl carbamates (subject to hydrolysis) is 1. The molecule has 0 aliphatic carbocycles. The summed E-state index contributed by atoms with van der Waals surface area (Å²) in [5.41, 5.74) is -1.44. The van der Waals surface area contributed by atoms with Crippen molar-refractivity contribution in [3.05, 3.63) is 0 Å². The lowest BCUT2D eigenvalue weighted by atomic mass is 9.96. The fourth-order valence-electron chi connectivity index (χ4n) is 3.35. The monoisotopic (exact) mass is 491 g/mol. The third kappa shape index (κ3) is 10.00. The number of aliphatic hydroxyl groups is 4. The van der Waals surface area contributed by atoms with Gasteiger partial charge in [-0.1, -0.05) is 0 Å². The van der Waals surface area contributed by atoms with Gasteiger partial charge in [-0.05, 0) is 60.8 Å². The SMILES string of the molecule is CC(C)(C)OC(=O)NCCCC[C@H]1C(=O)N[C@H]([C@@H](O)[C@H](O)[C@H](O)CO)CN1C(=O)OC(C)(C)C. The molecule has 5 atom stereocenters. The molecule has 1 heterocycles. The van der Waals surface area contributed by atoms with Crippen molar-refractivity contribution in [3.63, 3.8) is 0 Å². The van der Waals surface area contributed by atoms with E-state index in [2.05, 4.69) is 10.6 Å². The van der Waals surface area contributed by atoms with Gasteiger partial charge >= 0.3 is 12.2 Å². The van der Waals surface area contributed by atoms with E-state index in [9.17, 15) is 29.7 Å². The maximum absolute atomic E-state index is 12.8. The molecule has 1 aliphatic heterocycles. The lowest BCUT2D eigenvalue weighted by Crippen LogP contribution is -2.67. The van der Waals surface area contributed by atoms with Gasteiger partial charge < -0.3 is 40.5 Å². The van der Waals surface area contributed by atoms with Crippen molar-refractivity contribution in [1.29, 1.82) is 0 Å². The molecular formula is C22H41N3O9. The van der Waals surface area contributed by atoms with Gasteiger partial charge in [0.05, 0.1) is 12.6 Å². The van der Waals surface area contributed by atoms with Gasteiger partial charge in [0.2, 0.25) is 5.91 Å². The number of amides is 3. The van der Waals surface area contributed by atoms with E-state index in [-0.39, 0.29) is 13.0 Å². The number of unbranched alkanes of at least 4 members (excludes halogenated alkanes) is 1. The molecule has 0 unspecified atom stereocenters. The lowest BCUT2D eigenvalue weighted by molar-refractivity contribution is -0.137. The molecule has 1 fully saturated rings. The van der Waals surface area contributed by atoms with Crippen LogP contribution in [-0.2, 0) is 14.3 Å². The molecule has 1 saturated heterocycles. The first kappa shape index (κ1) is 29.9. The van der Waals surface area contributed by atoms with E-state index in [0.717, 1.165) is 0 Å². The zero-order valence-corrected chi connectivity index (χ0v) is 20.9. The first-order valence-corrected chi connectivity index (χ1v) is 11.5. The molecule has 0 bridgehead atoms. The normalized spacial score (nSPS) is 21.8. The molecule has 0 saturated carbocycles. The second-order valence-corrected chi connectivity index (χ2v) is 10.4. The van der Waals surface area contributed by atoms with Crippen LogP contribution in [0.3, 0.4) is 0 Å². The molecule has 0 aromatic heterocycles. The van der Waals surface area contributed by atoms with Gasteiger partial charge in [0.25, 0.3) is 0 Å². The van der Waals surface area contributed by atoms with Gasteiger partial charge in [0, 0.05) is 13.1 Å². The standard InChI is InChI=1S/C22H41N3O9/c1-21(2,3)33-19(31)23-10-8-7-9-14-18(30)24-13(16(28)17(29)15(27)12-26)11-25(14)20(32)34-22(4,5)6/h13-17,26-29H,7-12H2,1-6H3,(H,23,31)(H,24,30)/t13-,14-,15+,16+,17+/m0/s1. The Morgan fingerprint density at radius 3 is 2.21 bits per heavy atom. The highest BCUT2D eigenvalue weighted by Gasteiger charge is 2.43. The van der Waals surface area contributed by atoms with Crippen molar-refractivity contribution in [1.82, 2.24) is 15.5 Å². The van der Waals surface area contributed by atoms with Crippen molar-refractivity contribution in [2.45, 2.75) is 102 Å². The Morgan fingerprint density at radius 2 is 1.68 bits per heavy atom. The molecule has 0 aromatic carbocycles. The van der Waals surface area contributed by atoms with Gasteiger partial charge in [-0.2, -0.15) is 0 Å². The van der Waals surface area contributed by atoms with Crippen molar-refractivity contribution < 1.29 is 44.3 Å². The molecule has 34 heavy (non-hydrogen) atoms. The van der Waals surface area contributed by atoms with Crippen LogP contribution in [0.5, 0.6) is 0 Å². The van der Waals surface area contributed by atoms with Gasteiger partial charge in [0.15, 0.2) is 0 Å². The fourth-order valence-corrected chi connectivity index (χ4v) is 3.35. The molecule has 0 aromatic rings. The molecule has 0 spiro atoms. The Labute approximate surface area is 200 Å². The Hall–Kier alpha value is -2.15. The molecular weight excluding hydrogens is 450 g/mol. The summed E-state index contributed by atoms with van der Waals surface area (Å²) in [6.07, 6.45) is -4.98. The number of nitrogens with zero attached hydrogens (tertiary/aromatic N) is 1. The maximum Gasteiger partial charge on any atom is 0.411 e. The summed E-state index contributed by atoms with van der Waals surface area (Å²) in [4.78, 5) is 38.6. The molecule has 0 radical (unpaired) electrons. The largest absolute Gasteiger partial charge is 0.444 e. The molecule has 1 rings (SSSR count). The highest BCUT2D eigenvalue weighted by atomic mass is 16.6. The fraction of sp³-hybridized carbons (Fsp3) is 0.864. The van der Waals surface area contributed by atoms with Crippen molar-refractivity contribution >= 4 is 18.1 Å². The second kappa shape index (κ2) is 12.5. The second-order valence-electron chi connectivity index (χ2n) is 10.4. The van der Waals surface area contributed by atoms with E-state index < -0.39 is 66.3 Å². The lowest BCUT2D eigenvalue weighted by Gasteiger charge is -2.42. The average Bonchev–Trinajstić information content (AvgIpc) is 2.69. The third-order valence-corrected chi connectivity index (χ3v) is 4.94. The zero-order chi connectivity index (χ0) is 26.3. The topological polar surface area (TPSA) is 178 Å². The number of carbonyl (C=O) groups is 3. The number of rotatable bonds is 9. The van der Waals surface area contributed by atoms with E-state index in [1.54, 1.807) is 41.5 Å². The summed E-state index contributed by atoms with van der Waals surface area (Å²) in [5, 5.41) is 44.3. The van der Waals surface area contributed by atoms with Gasteiger partial charge in [0.1, 0.15) is 35.6 Å². The number of carbonyl (C=O) groups excluding carboxylic acids is 3. The summed E-state index contributed by atoms with van der Waals surface area (Å²) in [5.74, 6) is -0.549. The van der Waals surface area contributed by atoms with Gasteiger partial charge in [-0.25, -0.2) is 9.59 Å². The highest BCUT2D eigenvalue weighted by molar-refractivity contribution is 5.87. The van der Waals surface area contributed by atoms with E-state index in [1.807, 2.05) is 0 Å². The van der Waals surface area contributed by atoms with E-state index in [4.69, 9.17) is 14.6 Å². The van der Waals surface area contributed by atoms with Crippen LogP contribution in [0.15, 0.2) is 0 Å². The average molecular weight is 492 g/mol. The van der Waals surface area contributed by atoms with E-state index >= 15 is 0 Å². The van der Waals surface area contributed by atoms with Crippen LogP contribution in [0.4, 0.5) is 9.59 Å². The van der Waals surface area contributed by atoms with Crippen LogP contribution in [-0.4, -0.2) is 105 Å². The Morgan fingerprint density at radius 1 is 1.09 bits per heavy atom. The predicted octanol–water partition coefficient (Wildman–Crippen LogP) is -0.139. The van der Waals surface area contributed by atoms with Crippen LogP contribution in [0, 0.1) is 0 Å². The summed E-state index contributed by atoms with van der Waals surface area (Å²) >= 11 is 0. The Bertz CT molecular complexity index is 690. The van der Waals surface area contributed by atoms with Crippen LogP contribution in [0.25, 0.3) is 0 Å². The summed E-state index contributed by atoms with van der Waals surface area (Å²) < 4.78 is 10.6. The minimum atomic E-state index is -1.73. The van der Waals surface area contributed by atoms with Crippen LogP contribution < -0.4 is 10.6 Å². The quantitative estimate of drug-likeness (QED) is 0.240. The number of hydrogen-bond acceptors (Lipinski definition) is 9. The highest BCUT2D eigenvalue weighted by Crippen LogP contribution is 2.21. The molecule has 3 amide bonds. The van der Waals surface area contributed by atoms with Crippen molar-refractivity contribution in [2.75, 3.05) is 19.7 Å². The predicted molar refractivity (Wildman–Crippen MR) is 122 cm³/mol. The third-order valence-electron chi connectivity index (χ3n) is 4.94. The number of piperazine rings is 1. The molecule has 6 N–H and O–H groups in total. The number of aliphatic hydroxyl groups excluding tert-OH is 4. The van der Waals surface area contributed by atoms with E-state index in [0.29, 0.717) is 19.4 Å². The summed E-state index contributed by atoms with van der Waals surface area (Å²) in [6.45, 7) is 9.68. The first-order chi connectivity index (χ1) is 15.6. The number of hydrogen-bond donors (Lipinski definition) is 6. The molecule has 12 nitrogen and oxygen atoms in total. The van der Waals surface area contributed by atoms with Crippen LogP contribution in [0.2, 0.25) is 0 Å². The minimum absolute atomic E-state index is 0.169. The molecule has 12 heteroatoms. The van der Waals surface area contributed by atoms with Crippen molar-refractivity contribution in [2.24, 2.45) is 0 Å². The summed E-state index contributed by atoms with van der Waals surface area (Å²) in [6, 6.07) is -1.97. The molecule has 1 aliphatic rings. The molecule has 198 valence electrons. The smallest absolute Gasteiger partial charge is 0.411 e. The van der Waals surface area contributed by atoms with Crippen LogP contribution in [0.1, 0.15) is 60.8 Å². The van der Waals surface area contributed by atoms with E-state index in [1.165, 1.54) is 4.90 Å². The van der Waals surface area contributed by atoms with Crippen LogP contribution >= 0.6 is 0 Å². The van der Waals surface area contributed by atoms with Gasteiger partial charge in [-0.3, -0.25) is 9.69 Å². The van der Waals surface area contributed by atoms with Gasteiger partial charge in [-0.15, -0.1) is 0 Å². The zero-order valence-electron chi connectivity index (χ0n) is 20.9. The van der Waals surface area contributed by atoms with Crippen molar-refractivity contribution in [3.8, 4) is 0 Å². The first-order valence-electron chi connectivity index (χ1n) is 11.5. The number of ether oxygens (including phenoxy) is 2. The Kier molecular flexibility index (Phi) is 11.0. The minimum Gasteiger partial charge on any atom is -0.444 e. The maximum atomic E-state index is 12.8.